The van der Waals surface area contributed by atoms with E-state index in [4.69, 9.17) is 14.2 Å². The van der Waals surface area contributed by atoms with Gasteiger partial charge in [-0.2, -0.15) is 0 Å². The molecule has 19 heavy (non-hydrogen) atoms. The van der Waals surface area contributed by atoms with E-state index in [1.807, 2.05) is 18.2 Å². The molecule has 0 aromatic heterocycles. The van der Waals surface area contributed by atoms with Crippen molar-refractivity contribution in [2.45, 2.75) is 32.0 Å². The number of carbonyl (C=O) groups excluding carboxylic acids is 1. The number of ether oxygens (including phenoxy) is 3. The zero-order valence-electron chi connectivity index (χ0n) is 11.6. The molecule has 1 aliphatic heterocycles. The highest BCUT2D eigenvalue weighted by Crippen LogP contribution is 2.30. The van der Waals surface area contributed by atoms with E-state index in [2.05, 4.69) is 19.6 Å². The number of carbonyl (C=O) groups is 1. The normalized spacial score (nSPS) is 18.3. The Bertz CT molecular complexity index is 453. The van der Waals surface area contributed by atoms with E-state index >= 15 is 0 Å². The minimum atomic E-state index is -1.07. The van der Waals surface area contributed by atoms with Gasteiger partial charge in [0.2, 0.25) is 6.29 Å². The van der Waals surface area contributed by atoms with Crippen molar-refractivity contribution in [1.82, 2.24) is 0 Å². The Balaban J connectivity index is 1.78. The van der Waals surface area contributed by atoms with Crippen LogP contribution in [0.4, 0.5) is 0 Å². The van der Waals surface area contributed by atoms with Crippen molar-refractivity contribution in [2.24, 2.45) is 0 Å². The van der Waals surface area contributed by atoms with Crippen LogP contribution in [0.2, 0.25) is 25.7 Å². The van der Waals surface area contributed by atoms with Crippen molar-refractivity contribution in [3.8, 4) is 0 Å². The third-order valence-corrected chi connectivity index (χ3v) is 4.65. The van der Waals surface area contributed by atoms with Crippen LogP contribution in [0.25, 0.3) is 0 Å². The highest BCUT2D eigenvalue weighted by Gasteiger charge is 2.31. The number of esters is 1. The first-order valence-corrected chi connectivity index (χ1v) is 10.2. The summed E-state index contributed by atoms with van der Waals surface area (Å²) in [5.74, 6) is -0.331. The van der Waals surface area contributed by atoms with Gasteiger partial charge in [-0.3, -0.25) is 0 Å². The summed E-state index contributed by atoms with van der Waals surface area (Å²) in [4.78, 5) is 11.6. The van der Waals surface area contributed by atoms with E-state index in [1.165, 1.54) is 0 Å². The van der Waals surface area contributed by atoms with Crippen molar-refractivity contribution in [1.29, 1.82) is 0 Å². The molecular formula is C14H20O4Si. The predicted molar refractivity (Wildman–Crippen MR) is 74.7 cm³/mol. The highest BCUT2D eigenvalue weighted by atomic mass is 28.3. The molecule has 0 N–H and O–H groups in total. The fraction of sp³-hybridized carbons (Fsp3) is 0.500. The zero-order chi connectivity index (χ0) is 13.9. The molecule has 1 heterocycles. The average molecular weight is 280 g/mol. The first-order chi connectivity index (χ1) is 8.97. The fourth-order valence-corrected chi connectivity index (χ4v) is 2.54. The minimum Gasteiger partial charge on any atom is -0.428 e. The summed E-state index contributed by atoms with van der Waals surface area (Å²) in [7, 11) is -1.07. The van der Waals surface area contributed by atoms with Crippen molar-refractivity contribution >= 4 is 14.0 Å². The molecule has 1 aromatic rings. The summed E-state index contributed by atoms with van der Waals surface area (Å²) >= 11 is 0. The van der Waals surface area contributed by atoms with E-state index in [0.29, 0.717) is 12.2 Å². The minimum absolute atomic E-state index is 0.150. The lowest BCUT2D eigenvalue weighted by Crippen LogP contribution is -2.22. The molecule has 0 saturated heterocycles. The Kier molecular flexibility index (Phi) is 4.39. The maximum absolute atomic E-state index is 11.6. The molecule has 0 spiro atoms. The Labute approximate surface area is 114 Å². The zero-order valence-corrected chi connectivity index (χ0v) is 12.6. The van der Waals surface area contributed by atoms with Gasteiger partial charge in [0.05, 0.1) is 5.56 Å². The van der Waals surface area contributed by atoms with E-state index in [-0.39, 0.29) is 12.8 Å². The van der Waals surface area contributed by atoms with Crippen LogP contribution in [0, 0.1) is 0 Å². The molecule has 0 fully saturated rings. The molecule has 1 unspecified atom stereocenters. The molecule has 0 aliphatic carbocycles. The first kappa shape index (κ1) is 14.2. The third kappa shape index (κ3) is 3.89. The van der Waals surface area contributed by atoms with Crippen LogP contribution >= 0.6 is 0 Å². The summed E-state index contributed by atoms with van der Waals surface area (Å²) in [6.45, 7) is 7.74. The maximum Gasteiger partial charge on any atom is 0.341 e. The van der Waals surface area contributed by atoms with Gasteiger partial charge >= 0.3 is 5.97 Å². The lowest BCUT2D eigenvalue weighted by molar-refractivity contribution is -0.167. The third-order valence-electron chi connectivity index (χ3n) is 2.95. The molecule has 104 valence electrons. The maximum atomic E-state index is 11.6. The fourth-order valence-electron chi connectivity index (χ4n) is 1.78. The largest absolute Gasteiger partial charge is 0.428 e. The molecule has 1 aliphatic rings. The average Bonchev–Trinajstić information content (AvgIpc) is 2.65. The van der Waals surface area contributed by atoms with Gasteiger partial charge in [0.15, 0.2) is 6.79 Å². The number of cyclic esters (lactones) is 1. The van der Waals surface area contributed by atoms with Gasteiger partial charge in [-0.05, 0) is 12.1 Å². The van der Waals surface area contributed by atoms with Crippen molar-refractivity contribution in [3.05, 3.63) is 35.4 Å². The van der Waals surface area contributed by atoms with Crippen LogP contribution in [0.3, 0.4) is 0 Å². The predicted octanol–water partition coefficient (Wildman–Crippen LogP) is 3.18. The molecule has 0 saturated carbocycles. The summed E-state index contributed by atoms with van der Waals surface area (Å²) in [5.41, 5.74) is 1.36. The van der Waals surface area contributed by atoms with Crippen LogP contribution < -0.4 is 0 Å². The Morgan fingerprint density at radius 2 is 2.00 bits per heavy atom. The van der Waals surface area contributed by atoms with Crippen molar-refractivity contribution < 1.29 is 19.0 Å². The summed E-state index contributed by atoms with van der Waals surface area (Å²) in [6, 6.07) is 8.35. The van der Waals surface area contributed by atoms with Gasteiger partial charge < -0.3 is 14.2 Å². The number of hydrogen-bond donors (Lipinski definition) is 0. The van der Waals surface area contributed by atoms with Crippen LogP contribution in [0.5, 0.6) is 0 Å². The van der Waals surface area contributed by atoms with E-state index < -0.39 is 14.4 Å². The summed E-state index contributed by atoms with van der Waals surface area (Å²) < 4.78 is 16.1. The molecule has 0 amide bonds. The number of benzene rings is 1. The number of fused-ring (bicyclic) bond motifs is 1. The smallest absolute Gasteiger partial charge is 0.341 e. The van der Waals surface area contributed by atoms with Crippen LogP contribution in [-0.2, 0) is 14.2 Å². The van der Waals surface area contributed by atoms with Gasteiger partial charge in [0, 0.05) is 20.2 Å². The SMILES string of the molecule is C[Si](C)(C)CCOCOC1OC(=O)c2ccccc21. The lowest BCUT2D eigenvalue weighted by atomic mass is 10.1. The quantitative estimate of drug-likeness (QED) is 0.347. The number of rotatable bonds is 6. The lowest BCUT2D eigenvalue weighted by Gasteiger charge is -2.16. The van der Waals surface area contributed by atoms with Crippen LogP contribution in [-0.4, -0.2) is 27.4 Å². The van der Waals surface area contributed by atoms with Crippen LogP contribution in [0.1, 0.15) is 22.2 Å². The highest BCUT2D eigenvalue weighted by molar-refractivity contribution is 6.76. The summed E-state index contributed by atoms with van der Waals surface area (Å²) in [5, 5.41) is 0. The van der Waals surface area contributed by atoms with Crippen LogP contribution in [0.15, 0.2) is 24.3 Å². The van der Waals surface area contributed by atoms with Gasteiger partial charge in [0.25, 0.3) is 0 Å². The molecule has 1 aromatic carbocycles. The van der Waals surface area contributed by atoms with Crippen molar-refractivity contribution in [2.75, 3.05) is 13.4 Å². The second-order valence-corrected chi connectivity index (χ2v) is 11.4. The molecule has 0 radical (unpaired) electrons. The van der Waals surface area contributed by atoms with Gasteiger partial charge in [0.1, 0.15) is 0 Å². The monoisotopic (exact) mass is 280 g/mol. The van der Waals surface area contributed by atoms with Crippen molar-refractivity contribution in [3.63, 3.8) is 0 Å². The topological polar surface area (TPSA) is 44.8 Å². The van der Waals surface area contributed by atoms with Gasteiger partial charge in [-0.15, -0.1) is 0 Å². The Morgan fingerprint density at radius 3 is 2.74 bits per heavy atom. The molecule has 0 bridgehead atoms. The Hall–Kier alpha value is -1.17. The molecule has 4 nitrogen and oxygen atoms in total. The second-order valence-electron chi connectivity index (χ2n) is 5.83. The molecule has 5 heteroatoms. The molecule has 2 rings (SSSR count). The second kappa shape index (κ2) is 5.86. The van der Waals surface area contributed by atoms with Gasteiger partial charge in [-0.1, -0.05) is 37.8 Å². The number of hydrogen-bond acceptors (Lipinski definition) is 4. The molecule has 1 atom stereocenters. The first-order valence-electron chi connectivity index (χ1n) is 6.47. The van der Waals surface area contributed by atoms with E-state index in [1.54, 1.807) is 6.07 Å². The van der Waals surface area contributed by atoms with E-state index in [0.717, 1.165) is 11.6 Å². The molecular weight excluding hydrogens is 260 g/mol. The summed E-state index contributed by atoms with van der Waals surface area (Å²) in [6.07, 6.45) is -0.629. The Morgan fingerprint density at radius 1 is 1.26 bits per heavy atom. The standard InChI is InChI=1S/C14H20O4Si/c1-19(2,3)9-8-16-10-17-14-12-7-5-4-6-11(12)13(15)18-14/h4-7,14H,8-10H2,1-3H3. The van der Waals surface area contributed by atoms with Gasteiger partial charge in [-0.25, -0.2) is 4.79 Å². The van der Waals surface area contributed by atoms with E-state index in [9.17, 15) is 4.79 Å².